The summed E-state index contributed by atoms with van der Waals surface area (Å²) in [4.78, 5) is 26.2. The van der Waals surface area contributed by atoms with E-state index in [-0.39, 0.29) is 11.9 Å². The number of esters is 1. The van der Waals surface area contributed by atoms with Crippen molar-refractivity contribution in [3.05, 3.63) is 30.0 Å². The summed E-state index contributed by atoms with van der Waals surface area (Å²) in [7, 11) is 1.36. The number of likely N-dealkylation sites (tertiary alicyclic amines) is 1. The molecule has 1 aliphatic heterocycles. The average molecular weight is 287 g/mol. The first-order chi connectivity index (χ1) is 10.2. The van der Waals surface area contributed by atoms with Crippen LogP contribution < -0.4 is 0 Å². The molecule has 1 amide bonds. The summed E-state index contributed by atoms with van der Waals surface area (Å²) >= 11 is 0. The number of carbonyl (C=O) groups is 2. The number of rotatable bonds is 2. The predicted octanol–water partition coefficient (Wildman–Crippen LogP) is 1.73. The van der Waals surface area contributed by atoms with Crippen LogP contribution in [0.15, 0.2) is 24.4 Å². The molecule has 2 heterocycles. The number of methoxy groups -OCH3 is 1. The molecule has 110 valence electrons. The number of carbonyl (C=O) groups excluding carboxylic acids is 2. The lowest BCUT2D eigenvalue weighted by atomic mass is 10.0. The van der Waals surface area contributed by atoms with Gasteiger partial charge in [-0.25, -0.2) is 4.79 Å². The smallest absolute Gasteiger partial charge is 0.328 e. The Labute approximate surface area is 122 Å². The number of ether oxygens (including phenoxy) is 1. The van der Waals surface area contributed by atoms with Gasteiger partial charge in [-0.15, -0.1) is 0 Å². The molecular weight excluding hydrogens is 270 g/mol. The number of hydrogen-bond donors (Lipinski definition) is 1. The van der Waals surface area contributed by atoms with Gasteiger partial charge < -0.3 is 9.64 Å². The van der Waals surface area contributed by atoms with E-state index in [1.807, 2.05) is 6.07 Å². The van der Waals surface area contributed by atoms with Crippen LogP contribution in [0.4, 0.5) is 0 Å². The highest BCUT2D eigenvalue weighted by molar-refractivity contribution is 5.99. The van der Waals surface area contributed by atoms with Crippen LogP contribution in [0.2, 0.25) is 0 Å². The van der Waals surface area contributed by atoms with Crippen molar-refractivity contribution in [3.8, 4) is 0 Å². The van der Waals surface area contributed by atoms with Crippen LogP contribution >= 0.6 is 0 Å². The molecule has 6 heteroatoms. The Balaban J connectivity index is 1.89. The van der Waals surface area contributed by atoms with Crippen LogP contribution in [0.3, 0.4) is 0 Å². The molecule has 0 saturated carbocycles. The lowest BCUT2D eigenvalue weighted by molar-refractivity contribution is -0.147. The zero-order valence-corrected chi connectivity index (χ0v) is 11.8. The number of nitrogens with one attached hydrogen (secondary N) is 1. The third-order valence-electron chi connectivity index (χ3n) is 3.92. The van der Waals surface area contributed by atoms with E-state index in [1.54, 1.807) is 23.2 Å². The maximum atomic E-state index is 12.7. The van der Waals surface area contributed by atoms with E-state index in [0.717, 1.165) is 23.7 Å². The van der Waals surface area contributed by atoms with Crippen LogP contribution in [0.1, 0.15) is 29.6 Å². The quantitative estimate of drug-likeness (QED) is 0.854. The summed E-state index contributed by atoms with van der Waals surface area (Å²) in [6.07, 6.45) is 4.18. The first kappa shape index (κ1) is 13.6. The topological polar surface area (TPSA) is 75.3 Å². The Morgan fingerprint density at radius 1 is 1.38 bits per heavy atom. The molecule has 1 saturated heterocycles. The first-order valence-corrected chi connectivity index (χ1v) is 7.02. The predicted molar refractivity (Wildman–Crippen MR) is 76.8 cm³/mol. The number of aromatic nitrogens is 2. The Morgan fingerprint density at radius 3 is 3.05 bits per heavy atom. The molecule has 1 aliphatic rings. The lowest BCUT2D eigenvalue weighted by Crippen LogP contribution is -2.48. The van der Waals surface area contributed by atoms with E-state index in [9.17, 15) is 9.59 Å². The maximum Gasteiger partial charge on any atom is 0.328 e. The Bertz CT molecular complexity index is 680. The number of amides is 1. The molecule has 1 N–H and O–H groups in total. The molecule has 0 bridgehead atoms. The SMILES string of the molecule is COC(=O)[C@H]1CCCCN1C(=O)c1ccc2[nH]ncc2c1. The normalized spacial score (nSPS) is 18.7. The monoisotopic (exact) mass is 287 g/mol. The van der Waals surface area contributed by atoms with E-state index < -0.39 is 6.04 Å². The first-order valence-electron chi connectivity index (χ1n) is 7.02. The van der Waals surface area contributed by atoms with E-state index in [0.29, 0.717) is 18.5 Å². The number of piperidine rings is 1. The van der Waals surface area contributed by atoms with Gasteiger partial charge in [-0.3, -0.25) is 9.89 Å². The van der Waals surface area contributed by atoms with Crippen molar-refractivity contribution >= 4 is 22.8 Å². The molecule has 6 nitrogen and oxygen atoms in total. The summed E-state index contributed by atoms with van der Waals surface area (Å²) in [5.74, 6) is -0.472. The summed E-state index contributed by atoms with van der Waals surface area (Å²) in [5.41, 5.74) is 1.45. The number of fused-ring (bicyclic) bond motifs is 1. The fourth-order valence-corrected chi connectivity index (χ4v) is 2.80. The number of hydrogen-bond acceptors (Lipinski definition) is 4. The van der Waals surface area contributed by atoms with Crippen molar-refractivity contribution in [1.29, 1.82) is 0 Å². The molecule has 21 heavy (non-hydrogen) atoms. The molecule has 0 aliphatic carbocycles. The number of nitrogens with zero attached hydrogens (tertiary/aromatic N) is 2. The van der Waals surface area contributed by atoms with Gasteiger partial charge in [-0.1, -0.05) is 0 Å². The highest BCUT2D eigenvalue weighted by Gasteiger charge is 2.33. The van der Waals surface area contributed by atoms with Crippen LogP contribution in [0, 0.1) is 0 Å². The molecular formula is C15H17N3O3. The minimum Gasteiger partial charge on any atom is -0.467 e. The molecule has 1 aromatic carbocycles. The van der Waals surface area contributed by atoms with Gasteiger partial charge >= 0.3 is 5.97 Å². The molecule has 0 radical (unpaired) electrons. The zero-order chi connectivity index (χ0) is 14.8. The molecule has 3 rings (SSSR count). The van der Waals surface area contributed by atoms with Crippen molar-refractivity contribution in [2.24, 2.45) is 0 Å². The number of H-pyrrole nitrogens is 1. The largest absolute Gasteiger partial charge is 0.467 e. The second-order valence-electron chi connectivity index (χ2n) is 5.21. The molecule has 2 aromatic rings. The van der Waals surface area contributed by atoms with Gasteiger partial charge in [0.15, 0.2) is 0 Å². The van der Waals surface area contributed by atoms with Gasteiger partial charge in [0, 0.05) is 17.5 Å². The molecule has 0 spiro atoms. The zero-order valence-electron chi connectivity index (χ0n) is 11.8. The minimum absolute atomic E-state index is 0.131. The second-order valence-corrected chi connectivity index (χ2v) is 5.21. The number of aromatic amines is 1. The average Bonchev–Trinajstić information content (AvgIpc) is 3.01. The summed E-state index contributed by atoms with van der Waals surface area (Å²) in [6, 6.07) is 4.90. The summed E-state index contributed by atoms with van der Waals surface area (Å²) in [5, 5.41) is 7.68. The third kappa shape index (κ3) is 2.49. The van der Waals surface area contributed by atoms with Gasteiger partial charge in [-0.05, 0) is 37.5 Å². The second kappa shape index (κ2) is 5.55. The van der Waals surface area contributed by atoms with E-state index >= 15 is 0 Å². The van der Waals surface area contributed by atoms with Gasteiger partial charge in [-0.2, -0.15) is 5.10 Å². The molecule has 1 aromatic heterocycles. The summed E-state index contributed by atoms with van der Waals surface area (Å²) in [6.45, 7) is 0.585. The van der Waals surface area contributed by atoms with Crippen molar-refractivity contribution < 1.29 is 14.3 Å². The molecule has 1 fully saturated rings. The standard InChI is InChI=1S/C15H17N3O3/c1-21-15(20)13-4-2-3-7-18(13)14(19)10-5-6-12-11(8-10)9-16-17-12/h5-6,8-9,13H,2-4,7H2,1H3,(H,16,17)/t13-/m1/s1. The van der Waals surface area contributed by atoms with Crippen molar-refractivity contribution in [2.75, 3.05) is 13.7 Å². The third-order valence-corrected chi connectivity index (χ3v) is 3.92. The summed E-state index contributed by atoms with van der Waals surface area (Å²) < 4.78 is 4.82. The van der Waals surface area contributed by atoms with Crippen LogP contribution in [-0.2, 0) is 9.53 Å². The lowest BCUT2D eigenvalue weighted by Gasteiger charge is -2.33. The van der Waals surface area contributed by atoms with Crippen LogP contribution in [-0.4, -0.2) is 46.7 Å². The Kier molecular flexibility index (Phi) is 3.60. The minimum atomic E-state index is -0.476. The molecule has 0 unspecified atom stereocenters. The Hall–Kier alpha value is -2.37. The maximum absolute atomic E-state index is 12.7. The van der Waals surface area contributed by atoms with Gasteiger partial charge in [0.1, 0.15) is 6.04 Å². The van der Waals surface area contributed by atoms with E-state index in [4.69, 9.17) is 4.74 Å². The van der Waals surface area contributed by atoms with E-state index in [2.05, 4.69) is 10.2 Å². The van der Waals surface area contributed by atoms with Gasteiger partial charge in [0.05, 0.1) is 18.8 Å². The van der Waals surface area contributed by atoms with Gasteiger partial charge in [0.25, 0.3) is 5.91 Å². The number of benzene rings is 1. The van der Waals surface area contributed by atoms with Crippen LogP contribution in [0.25, 0.3) is 10.9 Å². The van der Waals surface area contributed by atoms with Gasteiger partial charge in [0.2, 0.25) is 0 Å². The molecule has 1 atom stereocenters. The van der Waals surface area contributed by atoms with Crippen molar-refractivity contribution in [3.63, 3.8) is 0 Å². The fraction of sp³-hybridized carbons (Fsp3) is 0.400. The van der Waals surface area contributed by atoms with Crippen LogP contribution in [0.5, 0.6) is 0 Å². The van der Waals surface area contributed by atoms with Crippen molar-refractivity contribution in [2.45, 2.75) is 25.3 Å². The van der Waals surface area contributed by atoms with E-state index in [1.165, 1.54) is 7.11 Å². The highest BCUT2D eigenvalue weighted by atomic mass is 16.5. The Morgan fingerprint density at radius 2 is 2.24 bits per heavy atom. The van der Waals surface area contributed by atoms with Crippen molar-refractivity contribution in [1.82, 2.24) is 15.1 Å². The fourth-order valence-electron chi connectivity index (χ4n) is 2.80. The highest BCUT2D eigenvalue weighted by Crippen LogP contribution is 2.22.